The molecule has 0 bridgehead atoms. The molecule has 0 atom stereocenters. The van der Waals surface area contributed by atoms with Gasteiger partial charge in [0.15, 0.2) is 10.6 Å². The summed E-state index contributed by atoms with van der Waals surface area (Å²) in [6.07, 6.45) is -4.89. The zero-order valence-corrected chi connectivity index (χ0v) is 9.47. The molecule has 0 unspecified atom stereocenters. The van der Waals surface area contributed by atoms with E-state index in [0.717, 1.165) is 0 Å². The normalized spacial score (nSPS) is 11.8. The van der Waals surface area contributed by atoms with Crippen LogP contribution in [0.5, 0.6) is 0 Å². The number of rotatable bonds is 0. The Bertz CT molecular complexity index is 690. The maximum absolute atomic E-state index is 12.4. The maximum atomic E-state index is 12.4. The molecule has 2 aromatic rings. The van der Waals surface area contributed by atoms with E-state index in [9.17, 15) is 13.2 Å². The summed E-state index contributed by atoms with van der Waals surface area (Å²) in [7, 11) is 0. The minimum atomic E-state index is -4.89. The van der Waals surface area contributed by atoms with Crippen molar-refractivity contribution in [3.05, 3.63) is 34.9 Å². The van der Waals surface area contributed by atoms with Gasteiger partial charge in [-0.1, -0.05) is 35.9 Å². The second kappa shape index (κ2) is 4.09. The third-order valence-electron chi connectivity index (χ3n) is 2.28. The Balaban J connectivity index is 2.80. The van der Waals surface area contributed by atoms with Crippen molar-refractivity contribution in [1.82, 2.24) is 9.78 Å². The Morgan fingerprint density at radius 3 is 2.33 bits per heavy atom. The summed E-state index contributed by atoms with van der Waals surface area (Å²) in [6.45, 7) is 0. The van der Waals surface area contributed by atoms with Gasteiger partial charge in [0.05, 0.1) is 0 Å². The van der Waals surface area contributed by atoms with Crippen LogP contribution < -0.4 is 5.49 Å². The summed E-state index contributed by atoms with van der Waals surface area (Å²) in [4.78, 5) is 0. The van der Waals surface area contributed by atoms with Crippen molar-refractivity contribution in [1.29, 1.82) is 10.8 Å². The molecule has 0 fully saturated rings. The predicted octanol–water partition coefficient (Wildman–Crippen LogP) is 2.56. The lowest BCUT2D eigenvalue weighted by molar-refractivity contribution is -0.0632. The van der Waals surface area contributed by atoms with Gasteiger partial charge in [-0.2, -0.15) is 23.0 Å². The highest BCUT2D eigenvalue weighted by Crippen LogP contribution is 2.20. The van der Waals surface area contributed by atoms with E-state index in [0.29, 0.717) is 5.39 Å². The van der Waals surface area contributed by atoms with Crippen LogP contribution in [0.3, 0.4) is 0 Å². The SMILES string of the molecule is N=C(n1nc(Cl)c2ccccc2c1=N)C(F)(F)F. The van der Waals surface area contributed by atoms with Crippen LogP contribution >= 0.6 is 11.6 Å². The zero-order chi connectivity index (χ0) is 13.5. The highest BCUT2D eigenvalue weighted by atomic mass is 35.5. The lowest BCUT2D eigenvalue weighted by Gasteiger charge is -2.12. The van der Waals surface area contributed by atoms with E-state index < -0.39 is 17.5 Å². The van der Waals surface area contributed by atoms with Gasteiger partial charge < -0.3 is 0 Å². The minimum absolute atomic E-state index is 0.171. The topological polar surface area (TPSA) is 65.5 Å². The first-order valence-corrected chi connectivity index (χ1v) is 5.08. The average Bonchev–Trinajstić information content (AvgIpc) is 2.32. The summed E-state index contributed by atoms with van der Waals surface area (Å²) in [5.41, 5.74) is -0.530. The fourth-order valence-electron chi connectivity index (χ4n) is 1.46. The molecular weight excluding hydrogens is 269 g/mol. The molecule has 0 amide bonds. The van der Waals surface area contributed by atoms with Gasteiger partial charge in [0, 0.05) is 10.8 Å². The maximum Gasteiger partial charge on any atom is 0.451 e. The van der Waals surface area contributed by atoms with Crippen molar-refractivity contribution in [3.63, 3.8) is 0 Å². The van der Waals surface area contributed by atoms with Crippen molar-refractivity contribution in [2.75, 3.05) is 0 Å². The van der Waals surface area contributed by atoms with Crippen LogP contribution in [-0.4, -0.2) is 21.8 Å². The number of hydrogen-bond acceptors (Lipinski definition) is 3. The van der Waals surface area contributed by atoms with Gasteiger partial charge in [-0.05, 0) is 0 Å². The fraction of sp³-hybridized carbons (Fsp3) is 0.100. The Labute approximate surface area is 104 Å². The van der Waals surface area contributed by atoms with Gasteiger partial charge in [-0.25, -0.2) is 0 Å². The molecule has 0 aliphatic heterocycles. The number of alkyl halides is 3. The number of hydrogen-bond donors (Lipinski definition) is 2. The molecule has 18 heavy (non-hydrogen) atoms. The van der Waals surface area contributed by atoms with Crippen molar-refractivity contribution >= 4 is 28.2 Å². The van der Waals surface area contributed by atoms with E-state index in [1.807, 2.05) is 0 Å². The molecule has 2 N–H and O–H groups in total. The fourth-order valence-corrected chi connectivity index (χ4v) is 1.70. The molecule has 0 aliphatic rings. The van der Waals surface area contributed by atoms with Crippen LogP contribution in [0.2, 0.25) is 5.15 Å². The first-order chi connectivity index (χ1) is 8.32. The average molecular weight is 275 g/mol. The smallest absolute Gasteiger partial charge is 0.282 e. The summed E-state index contributed by atoms with van der Waals surface area (Å²) >= 11 is 5.75. The number of nitrogens with one attached hydrogen (secondary N) is 2. The number of aromatic nitrogens is 2. The number of fused-ring (bicyclic) bond motifs is 1. The monoisotopic (exact) mass is 274 g/mol. The molecule has 2 rings (SSSR count). The number of nitrogens with zero attached hydrogens (tertiary/aromatic N) is 2. The Hall–Kier alpha value is -1.89. The van der Waals surface area contributed by atoms with Gasteiger partial charge in [0.2, 0.25) is 5.84 Å². The molecule has 0 saturated carbocycles. The van der Waals surface area contributed by atoms with Crippen molar-refractivity contribution in [2.24, 2.45) is 0 Å². The standard InChI is InChI=1S/C10H6ClF3N4/c11-7-5-3-1-2-4-6(5)8(15)18(17-7)9(16)10(12,13)14/h1-4,15-16H. The van der Waals surface area contributed by atoms with E-state index in [2.05, 4.69) is 5.10 Å². The van der Waals surface area contributed by atoms with E-state index in [4.69, 9.17) is 22.4 Å². The molecular formula is C10H6ClF3N4. The quantitative estimate of drug-likeness (QED) is 0.563. The molecule has 8 heteroatoms. The molecule has 1 heterocycles. The van der Waals surface area contributed by atoms with Gasteiger partial charge >= 0.3 is 6.18 Å². The van der Waals surface area contributed by atoms with Gasteiger partial charge in [0.1, 0.15) is 0 Å². The molecule has 0 radical (unpaired) electrons. The Morgan fingerprint density at radius 1 is 1.22 bits per heavy atom. The van der Waals surface area contributed by atoms with E-state index in [1.165, 1.54) is 6.07 Å². The minimum Gasteiger partial charge on any atom is -0.282 e. The Kier molecular flexibility index (Phi) is 2.86. The molecule has 94 valence electrons. The van der Waals surface area contributed by atoms with E-state index in [1.54, 1.807) is 18.2 Å². The molecule has 0 aliphatic carbocycles. The Morgan fingerprint density at radius 2 is 1.78 bits per heavy atom. The van der Waals surface area contributed by atoms with Gasteiger partial charge in [-0.3, -0.25) is 10.8 Å². The van der Waals surface area contributed by atoms with Crippen molar-refractivity contribution < 1.29 is 13.2 Å². The largest absolute Gasteiger partial charge is 0.451 e. The van der Waals surface area contributed by atoms with E-state index in [-0.39, 0.29) is 15.2 Å². The van der Waals surface area contributed by atoms with Crippen LogP contribution in [-0.2, 0) is 0 Å². The molecule has 0 saturated heterocycles. The second-order valence-electron chi connectivity index (χ2n) is 3.44. The van der Waals surface area contributed by atoms with Crippen LogP contribution in [0, 0.1) is 10.8 Å². The summed E-state index contributed by atoms with van der Waals surface area (Å²) in [6, 6.07) is 6.20. The third kappa shape index (κ3) is 1.97. The highest BCUT2D eigenvalue weighted by Gasteiger charge is 2.37. The molecule has 1 aromatic heterocycles. The van der Waals surface area contributed by atoms with Crippen LogP contribution in [0.15, 0.2) is 24.3 Å². The van der Waals surface area contributed by atoms with Gasteiger partial charge in [-0.15, -0.1) is 0 Å². The van der Waals surface area contributed by atoms with Crippen molar-refractivity contribution in [3.8, 4) is 0 Å². The molecule has 1 aromatic carbocycles. The summed E-state index contributed by atoms with van der Waals surface area (Å²) < 4.78 is 37.5. The number of benzene rings is 1. The summed E-state index contributed by atoms with van der Waals surface area (Å²) in [5, 5.41) is 18.4. The zero-order valence-electron chi connectivity index (χ0n) is 8.72. The first-order valence-electron chi connectivity index (χ1n) is 4.70. The van der Waals surface area contributed by atoms with Crippen LogP contribution in [0.4, 0.5) is 13.2 Å². The molecule has 4 nitrogen and oxygen atoms in total. The molecule has 0 spiro atoms. The van der Waals surface area contributed by atoms with Crippen LogP contribution in [0.1, 0.15) is 0 Å². The highest BCUT2D eigenvalue weighted by molar-refractivity contribution is 6.34. The number of halogens is 4. The lowest BCUT2D eigenvalue weighted by Crippen LogP contribution is -2.38. The van der Waals surface area contributed by atoms with Crippen molar-refractivity contribution in [2.45, 2.75) is 6.18 Å². The predicted molar refractivity (Wildman–Crippen MR) is 59.8 cm³/mol. The van der Waals surface area contributed by atoms with Gasteiger partial charge in [0.25, 0.3) is 0 Å². The second-order valence-corrected chi connectivity index (χ2v) is 3.80. The summed E-state index contributed by atoms with van der Waals surface area (Å²) in [5.74, 6) is -1.75. The lowest BCUT2D eigenvalue weighted by atomic mass is 10.2. The third-order valence-corrected chi connectivity index (χ3v) is 2.56. The first kappa shape index (κ1) is 12.6. The van der Waals surface area contributed by atoms with Crippen LogP contribution in [0.25, 0.3) is 10.8 Å². The van der Waals surface area contributed by atoms with E-state index >= 15 is 0 Å².